The minimum absolute atomic E-state index is 0.182. The van der Waals surface area contributed by atoms with Crippen LogP contribution in [0.1, 0.15) is 11.1 Å². The topological polar surface area (TPSA) is 58.1 Å². The highest BCUT2D eigenvalue weighted by Crippen LogP contribution is 2.39. The lowest BCUT2D eigenvalue weighted by molar-refractivity contribution is 1.08. The van der Waals surface area contributed by atoms with Gasteiger partial charge in [0.1, 0.15) is 0 Å². The summed E-state index contributed by atoms with van der Waals surface area (Å²) in [5.74, 6) is 0.765. The fourth-order valence-corrected chi connectivity index (χ4v) is 8.63. The zero-order chi connectivity index (χ0) is 40.7. The summed E-state index contributed by atoms with van der Waals surface area (Å²) in [6, 6.07) is 78.6. The van der Waals surface area contributed by atoms with Crippen molar-refractivity contribution in [2.75, 3.05) is 5.43 Å². The molecule has 0 radical (unpaired) electrons. The van der Waals surface area contributed by atoms with Gasteiger partial charge in [0.2, 0.25) is 0 Å². The predicted molar refractivity (Wildman–Crippen MR) is 256 cm³/mol. The fourth-order valence-electron chi connectivity index (χ4n) is 8.63. The number of benzene rings is 9. The Morgan fingerprint density at radius 1 is 0.361 bits per heavy atom. The zero-order valence-corrected chi connectivity index (χ0v) is 33.2. The van der Waals surface area contributed by atoms with Gasteiger partial charge in [-0.3, -0.25) is 15.5 Å². The van der Waals surface area contributed by atoms with Gasteiger partial charge in [-0.1, -0.05) is 164 Å². The van der Waals surface area contributed by atoms with Crippen molar-refractivity contribution in [3.8, 4) is 39.1 Å². The van der Waals surface area contributed by atoms with Gasteiger partial charge in [0.25, 0.3) is 0 Å². The molecule has 0 atom stereocenters. The molecule has 288 valence electrons. The first-order valence-corrected chi connectivity index (χ1v) is 20.5. The van der Waals surface area contributed by atoms with Crippen LogP contribution < -0.4 is 5.43 Å². The first-order valence-electron chi connectivity index (χ1n) is 20.5. The lowest BCUT2D eigenvalue weighted by atomic mass is 9.98. The number of rotatable bonds is 7. The van der Waals surface area contributed by atoms with E-state index >= 15 is 0 Å². The molecule has 0 aliphatic rings. The average Bonchev–Trinajstić information content (AvgIpc) is 3.83. The van der Waals surface area contributed by atoms with Gasteiger partial charge in [-0.2, -0.15) is 0 Å². The number of para-hydroxylation sites is 1. The molecule has 0 aliphatic carbocycles. The summed E-state index contributed by atoms with van der Waals surface area (Å²) in [5.41, 5.74) is 17.8. The van der Waals surface area contributed by atoms with Gasteiger partial charge in [0, 0.05) is 38.4 Å². The van der Waals surface area contributed by atoms with Crippen molar-refractivity contribution < 1.29 is 0 Å². The molecule has 11 aromatic rings. The van der Waals surface area contributed by atoms with E-state index in [1.807, 2.05) is 60.7 Å². The Labute approximate surface area is 353 Å². The quantitative estimate of drug-likeness (QED) is 0.123. The van der Waals surface area contributed by atoms with E-state index in [4.69, 9.17) is 10.4 Å². The second-order valence-corrected chi connectivity index (χ2v) is 15.3. The molecule has 0 unspecified atom stereocenters. The molecule has 5 heteroatoms. The van der Waals surface area contributed by atoms with Crippen LogP contribution in [0.15, 0.2) is 229 Å². The van der Waals surface area contributed by atoms with Gasteiger partial charge < -0.3 is 4.57 Å². The average molecular weight is 782 g/mol. The van der Waals surface area contributed by atoms with Crippen molar-refractivity contribution in [3.63, 3.8) is 0 Å². The predicted octanol–water partition coefficient (Wildman–Crippen LogP) is 13.9. The third-order valence-corrected chi connectivity index (χ3v) is 11.6. The van der Waals surface area contributed by atoms with Crippen LogP contribution in [0.25, 0.3) is 82.7 Å². The van der Waals surface area contributed by atoms with Crippen LogP contribution in [0, 0.1) is 5.41 Å². The van der Waals surface area contributed by atoms with Crippen LogP contribution in [0.4, 0.5) is 0 Å². The van der Waals surface area contributed by atoms with Crippen molar-refractivity contribution in [2.24, 2.45) is 4.99 Å². The molecule has 2 heterocycles. The molecule has 0 amide bonds. The Hall–Kier alpha value is -8.28. The number of fused-ring (bicyclic) bond motifs is 6. The van der Waals surface area contributed by atoms with Crippen molar-refractivity contribution in [1.82, 2.24) is 9.24 Å². The van der Waals surface area contributed by atoms with Gasteiger partial charge >= 0.3 is 0 Å². The fraction of sp³-hybridized carbons (Fsp3) is 0. The standard InChI is InChI=1S/C56H39N5/c57-55(40-20-10-3-11-21-40)58-56(41-22-12-4-13-23-41)59-61-53-32-28-43(39-18-8-2-9-19-39)35-49(53)50-37-45(29-33-54(50)61)44-27-31-52-48(36-44)47-34-42(38-16-6-1-7-17-38)26-30-51(47)60(52)46-24-14-5-15-25-46/h1-37H,(H2,57,58,59). The first kappa shape index (κ1) is 35.8. The van der Waals surface area contributed by atoms with E-state index in [0.717, 1.165) is 60.9 Å². The summed E-state index contributed by atoms with van der Waals surface area (Å²) in [6.07, 6.45) is 0. The highest BCUT2D eigenvalue weighted by Gasteiger charge is 2.18. The molecule has 0 saturated heterocycles. The summed E-state index contributed by atoms with van der Waals surface area (Å²) in [4.78, 5) is 4.90. The molecule has 0 spiro atoms. The van der Waals surface area contributed by atoms with Crippen molar-refractivity contribution in [3.05, 3.63) is 236 Å². The monoisotopic (exact) mass is 781 g/mol. The summed E-state index contributed by atoms with van der Waals surface area (Å²) in [6.45, 7) is 0. The summed E-state index contributed by atoms with van der Waals surface area (Å²) < 4.78 is 4.50. The Morgan fingerprint density at radius 3 is 1.18 bits per heavy atom. The number of amidine groups is 2. The Kier molecular flexibility index (Phi) is 8.90. The van der Waals surface area contributed by atoms with Crippen LogP contribution in [-0.4, -0.2) is 20.9 Å². The van der Waals surface area contributed by atoms with E-state index in [9.17, 15) is 0 Å². The zero-order valence-electron chi connectivity index (χ0n) is 33.2. The van der Waals surface area contributed by atoms with Crippen LogP contribution in [-0.2, 0) is 0 Å². The minimum Gasteiger partial charge on any atom is -0.309 e. The maximum atomic E-state index is 8.99. The molecule has 2 N–H and O–H groups in total. The van der Waals surface area contributed by atoms with E-state index in [1.54, 1.807) is 0 Å². The van der Waals surface area contributed by atoms with Crippen LogP contribution in [0.5, 0.6) is 0 Å². The van der Waals surface area contributed by atoms with Crippen LogP contribution in [0.2, 0.25) is 0 Å². The van der Waals surface area contributed by atoms with Gasteiger partial charge in [-0.15, -0.1) is 0 Å². The van der Waals surface area contributed by atoms with Gasteiger partial charge in [0.05, 0.1) is 22.1 Å². The van der Waals surface area contributed by atoms with Crippen molar-refractivity contribution >= 4 is 55.3 Å². The van der Waals surface area contributed by atoms with E-state index in [-0.39, 0.29) is 5.84 Å². The van der Waals surface area contributed by atoms with Gasteiger partial charge in [0.15, 0.2) is 11.7 Å². The second kappa shape index (κ2) is 15.1. The van der Waals surface area contributed by atoms with Crippen LogP contribution in [0.3, 0.4) is 0 Å². The molecule has 0 aliphatic heterocycles. The number of nitrogens with zero attached hydrogens (tertiary/aromatic N) is 3. The number of hydrogen-bond donors (Lipinski definition) is 2. The first-order chi connectivity index (χ1) is 30.2. The van der Waals surface area contributed by atoms with E-state index in [1.165, 1.54) is 32.9 Å². The number of hydrogen-bond acceptors (Lipinski definition) is 1. The van der Waals surface area contributed by atoms with E-state index in [0.29, 0.717) is 5.84 Å². The molecule has 0 saturated carbocycles. The molecular weight excluding hydrogens is 743 g/mol. The van der Waals surface area contributed by atoms with E-state index < -0.39 is 0 Å². The molecular formula is C56H39N5. The lowest BCUT2D eigenvalue weighted by Gasteiger charge is -2.15. The normalized spacial score (nSPS) is 11.8. The smallest absolute Gasteiger partial charge is 0.154 e. The maximum absolute atomic E-state index is 8.99. The number of aromatic nitrogens is 2. The van der Waals surface area contributed by atoms with Crippen molar-refractivity contribution in [2.45, 2.75) is 0 Å². The molecule has 61 heavy (non-hydrogen) atoms. The lowest BCUT2D eigenvalue weighted by Crippen LogP contribution is -2.25. The third kappa shape index (κ3) is 6.55. The highest BCUT2D eigenvalue weighted by molar-refractivity contribution is 6.17. The molecule has 9 aromatic carbocycles. The molecule has 0 bridgehead atoms. The second-order valence-electron chi connectivity index (χ2n) is 15.3. The minimum atomic E-state index is 0.182. The van der Waals surface area contributed by atoms with Gasteiger partial charge in [-0.25, -0.2) is 4.99 Å². The highest BCUT2D eigenvalue weighted by atomic mass is 15.4. The SMILES string of the molecule is N=C(N=C(Nn1c2ccc(-c3ccccc3)cc2c2cc(-c3ccc4c(c3)c3cc(-c5ccccc5)ccc3n4-c3ccccc3)ccc21)c1ccccc1)c1ccccc1. The number of nitrogens with one attached hydrogen (secondary N) is 2. The molecule has 5 nitrogen and oxygen atoms in total. The Bertz CT molecular complexity index is 3420. The van der Waals surface area contributed by atoms with E-state index in [2.05, 4.69) is 178 Å². The maximum Gasteiger partial charge on any atom is 0.154 e. The largest absolute Gasteiger partial charge is 0.309 e. The molecule has 0 fully saturated rings. The molecule has 11 rings (SSSR count). The number of aliphatic imine (C=N–C) groups is 1. The van der Waals surface area contributed by atoms with Gasteiger partial charge in [-0.05, 0) is 94.0 Å². The summed E-state index contributed by atoms with van der Waals surface area (Å²) in [5, 5.41) is 13.6. The Balaban J connectivity index is 1.10. The third-order valence-electron chi connectivity index (χ3n) is 11.6. The summed E-state index contributed by atoms with van der Waals surface area (Å²) in [7, 11) is 0. The van der Waals surface area contributed by atoms with Crippen molar-refractivity contribution in [1.29, 1.82) is 5.41 Å². The summed E-state index contributed by atoms with van der Waals surface area (Å²) >= 11 is 0. The molecule has 2 aromatic heterocycles. The van der Waals surface area contributed by atoms with Crippen LogP contribution >= 0.6 is 0 Å². The Morgan fingerprint density at radius 2 is 0.721 bits per heavy atom.